The molecule has 5 rings (SSSR count). The molecule has 2 heterocycles. The highest BCUT2D eigenvalue weighted by atomic mass is 16.5. The largest absolute Gasteiger partial charge is 0.496 e. The topological polar surface area (TPSA) is 58.4 Å². The van der Waals surface area contributed by atoms with E-state index in [1.54, 1.807) is 21.3 Å². The van der Waals surface area contributed by atoms with Gasteiger partial charge in [0.15, 0.2) is 11.5 Å². The van der Waals surface area contributed by atoms with Gasteiger partial charge in [-0.15, -0.1) is 10.2 Å². The second-order valence-electron chi connectivity index (χ2n) is 8.40. The molecular weight excluding hydrogens is 426 g/mol. The molecule has 2 aliphatic heterocycles. The Morgan fingerprint density at radius 2 is 1.44 bits per heavy atom. The Bertz CT molecular complexity index is 1470. The molecule has 172 valence electrons. The van der Waals surface area contributed by atoms with E-state index in [2.05, 4.69) is 59.1 Å². The zero-order valence-corrected chi connectivity index (χ0v) is 20.0. The lowest BCUT2D eigenvalue weighted by atomic mass is 9.98. The van der Waals surface area contributed by atoms with Gasteiger partial charge >= 0.3 is 0 Å². The minimum atomic E-state index is 0.615. The molecule has 0 unspecified atom stereocenters. The average molecular weight is 454 g/mol. The molecule has 0 spiro atoms. The first-order valence-electron chi connectivity index (χ1n) is 11.1. The Morgan fingerprint density at radius 3 is 2.18 bits per heavy atom. The van der Waals surface area contributed by atoms with Crippen LogP contribution in [-0.4, -0.2) is 36.1 Å². The zero-order valence-electron chi connectivity index (χ0n) is 20.0. The third kappa shape index (κ3) is 3.61. The molecule has 0 aromatic heterocycles. The highest BCUT2D eigenvalue weighted by molar-refractivity contribution is 5.99. The van der Waals surface area contributed by atoms with Gasteiger partial charge < -0.3 is 18.8 Å². The van der Waals surface area contributed by atoms with Gasteiger partial charge in [0.2, 0.25) is 0 Å². The number of rotatable bonds is 6. The lowest BCUT2D eigenvalue weighted by Gasteiger charge is -2.18. The number of aromatic nitrogens is 3. The van der Waals surface area contributed by atoms with Crippen LogP contribution >= 0.6 is 0 Å². The van der Waals surface area contributed by atoms with Gasteiger partial charge in [0.1, 0.15) is 17.1 Å². The van der Waals surface area contributed by atoms with Crippen LogP contribution in [-0.2, 0) is 6.54 Å². The van der Waals surface area contributed by atoms with Crippen molar-refractivity contribution in [2.45, 2.75) is 20.4 Å². The van der Waals surface area contributed by atoms with Gasteiger partial charge in [0.05, 0.1) is 33.4 Å². The van der Waals surface area contributed by atoms with Gasteiger partial charge in [-0.25, -0.2) is 0 Å². The number of benzene rings is 3. The van der Waals surface area contributed by atoms with E-state index in [1.807, 2.05) is 30.3 Å². The predicted octanol–water partition coefficient (Wildman–Crippen LogP) is 5.89. The van der Waals surface area contributed by atoms with Crippen molar-refractivity contribution in [3.63, 3.8) is 0 Å². The fourth-order valence-electron chi connectivity index (χ4n) is 4.41. The second-order valence-corrected chi connectivity index (χ2v) is 8.40. The fraction of sp³-hybridized carbons (Fsp3) is 0.214. The molecule has 6 nitrogen and oxygen atoms in total. The molecule has 0 atom stereocenters. The lowest BCUT2D eigenvalue weighted by Crippen LogP contribution is -2.06. The molecule has 0 fully saturated rings. The molecule has 0 bridgehead atoms. The molecule has 3 aromatic carbocycles. The van der Waals surface area contributed by atoms with Crippen molar-refractivity contribution in [2.24, 2.45) is 0 Å². The summed E-state index contributed by atoms with van der Waals surface area (Å²) in [4.78, 5) is 0. The maximum atomic E-state index is 5.62. The van der Waals surface area contributed by atoms with E-state index in [0.29, 0.717) is 18.0 Å². The first-order valence-corrected chi connectivity index (χ1v) is 11.1. The van der Waals surface area contributed by atoms with Crippen LogP contribution in [0.15, 0.2) is 60.8 Å². The summed E-state index contributed by atoms with van der Waals surface area (Å²) < 4.78 is 19.0. The minimum absolute atomic E-state index is 0.615. The van der Waals surface area contributed by atoms with Gasteiger partial charge in [0, 0.05) is 34.3 Å². The summed E-state index contributed by atoms with van der Waals surface area (Å²) in [5.41, 5.74) is 8.26. The predicted molar refractivity (Wildman–Crippen MR) is 134 cm³/mol. The van der Waals surface area contributed by atoms with Crippen LogP contribution < -0.4 is 14.2 Å². The SMILES string of the molecule is COc1ccccc1Cn1cc2c(-c3ccc(C)c(C)c3)nnc-2c2cc(OC)c(OC)cc21. The summed E-state index contributed by atoms with van der Waals surface area (Å²) in [6.07, 6.45) is 2.13. The number of para-hydroxylation sites is 1. The van der Waals surface area contributed by atoms with E-state index in [-0.39, 0.29) is 0 Å². The normalized spacial score (nSPS) is 11.2. The van der Waals surface area contributed by atoms with Gasteiger partial charge in [0.25, 0.3) is 0 Å². The molecule has 0 saturated heterocycles. The van der Waals surface area contributed by atoms with Crippen LogP contribution in [0, 0.1) is 13.8 Å². The van der Waals surface area contributed by atoms with E-state index in [0.717, 1.165) is 44.7 Å². The lowest BCUT2D eigenvalue weighted by molar-refractivity contribution is 0.355. The quantitative estimate of drug-likeness (QED) is 0.321. The van der Waals surface area contributed by atoms with Crippen LogP contribution in [0.5, 0.6) is 17.2 Å². The number of aryl methyl sites for hydroxylation is 2. The monoisotopic (exact) mass is 453 g/mol. The smallest absolute Gasteiger partial charge is 0.162 e. The Labute approximate surface area is 199 Å². The average Bonchev–Trinajstić information content (AvgIpc) is 3.29. The van der Waals surface area contributed by atoms with Crippen molar-refractivity contribution in [3.8, 4) is 39.8 Å². The molecule has 0 N–H and O–H groups in total. The van der Waals surface area contributed by atoms with E-state index >= 15 is 0 Å². The van der Waals surface area contributed by atoms with Crippen molar-refractivity contribution in [1.29, 1.82) is 0 Å². The van der Waals surface area contributed by atoms with Crippen molar-refractivity contribution in [1.82, 2.24) is 14.8 Å². The van der Waals surface area contributed by atoms with Crippen molar-refractivity contribution < 1.29 is 14.2 Å². The molecule has 2 aliphatic rings. The Morgan fingerprint density at radius 1 is 0.735 bits per heavy atom. The number of pyridine rings is 1. The minimum Gasteiger partial charge on any atom is -0.496 e. The van der Waals surface area contributed by atoms with Crippen LogP contribution in [0.2, 0.25) is 0 Å². The summed E-state index contributed by atoms with van der Waals surface area (Å²) in [6.45, 7) is 4.84. The first-order chi connectivity index (χ1) is 16.5. The standard InChI is InChI=1S/C28H27N3O3/c1-17-10-11-19(12-18(17)2)27-22-16-31(15-20-8-6-7-9-24(20)32-3)23-14-26(34-5)25(33-4)13-21(23)28(22)30-29-27/h6-14,16H,15H2,1-5H3. The molecule has 3 aromatic rings. The van der Waals surface area contributed by atoms with Gasteiger partial charge in [-0.05, 0) is 43.2 Å². The molecule has 0 radical (unpaired) electrons. The third-order valence-corrected chi connectivity index (χ3v) is 6.43. The summed E-state index contributed by atoms with van der Waals surface area (Å²) in [6, 6.07) is 18.4. The number of fused-ring (bicyclic) bond motifs is 3. The van der Waals surface area contributed by atoms with Crippen molar-refractivity contribution >= 4 is 10.9 Å². The van der Waals surface area contributed by atoms with Crippen molar-refractivity contribution in [2.75, 3.05) is 21.3 Å². The summed E-state index contributed by atoms with van der Waals surface area (Å²) in [5, 5.41) is 10.2. The van der Waals surface area contributed by atoms with Gasteiger partial charge in [-0.1, -0.05) is 30.3 Å². The van der Waals surface area contributed by atoms with Gasteiger partial charge in [-0.3, -0.25) is 0 Å². The summed E-state index contributed by atoms with van der Waals surface area (Å²) >= 11 is 0. The Balaban J connectivity index is 1.78. The highest BCUT2D eigenvalue weighted by Gasteiger charge is 2.22. The molecule has 0 amide bonds. The number of ether oxygens (including phenoxy) is 3. The highest BCUT2D eigenvalue weighted by Crippen LogP contribution is 2.41. The molecule has 6 heteroatoms. The van der Waals surface area contributed by atoms with Crippen LogP contribution in [0.25, 0.3) is 33.4 Å². The third-order valence-electron chi connectivity index (χ3n) is 6.43. The number of hydrogen-bond acceptors (Lipinski definition) is 5. The Hall–Kier alpha value is -4.06. The van der Waals surface area contributed by atoms with E-state index in [4.69, 9.17) is 14.2 Å². The Kier molecular flexibility index (Phi) is 5.57. The maximum Gasteiger partial charge on any atom is 0.162 e. The van der Waals surface area contributed by atoms with Crippen LogP contribution in [0.4, 0.5) is 0 Å². The summed E-state index contributed by atoms with van der Waals surface area (Å²) in [7, 11) is 4.98. The van der Waals surface area contributed by atoms with E-state index < -0.39 is 0 Å². The molecule has 0 aliphatic carbocycles. The number of nitrogens with zero attached hydrogens (tertiary/aromatic N) is 3. The first kappa shape index (κ1) is 21.8. The molecular formula is C28H27N3O3. The van der Waals surface area contributed by atoms with Crippen molar-refractivity contribution in [3.05, 3.63) is 77.5 Å². The fourth-order valence-corrected chi connectivity index (χ4v) is 4.41. The maximum absolute atomic E-state index is 5.62. The van der Waals surface area contributed by atoms with Gasteiger partial charge in [-0.2, -0.15) is 0 Å². The van der Waals surface area contributed by atoms with Crippen LogP contribution in [0.3, 0.4) is 0 Å². The number of methoxy groups -OCH3 is 3. The summed E-state index contributed by atoms with van der Waals surface area (Å²) in [5.74, 6) is 2.16. The number of hydrogen-bond donors (Lipinski definition) is 0. The molecule has 0 saturated carbocycles. The zero-order chi connectivity index (χ0) is 23.8. The molecule has 34 heavy (non-hydrogen) atoms. The van der Waals surface area contributed by atoms with E-state index in [9.17, 15) is 0 Å². The van der Waals surface area contributed by atoms with Crippen LogP contribution in [0.1, 0.15) is 16.7 Å². The second kappa shape index (κ2) is 8.71. The van der Waals surface area contributed by atoms with E-state index in [1.165, 1.54) is 11.1 Å².